The number of nitrogens with zero attached hydrogens (tertiary/aromatic N) is 6. The van der Waals surface area contributed by atoms with E-state index in [2.05, 4.69) is 35.1 Å². The van der Waals surface area contributed by atoms with Gasteiger partial charge < -0.3 is 19.9 Å². The van der Waals surface area contributed by atoms with E-state index in [1.165, 1.54) is 0 Å². The third kappa shape index (κ3) is 4.11. The van der Waals surface area contributed by atoms with E-state index in [1.807, 2.05) is 43.3 Å². The van der Waals surface area contributed by atoms with Gasteiger partial charge in [-0.2, -0.15) is 0 Å². The van der Waals surface area contributed by atoms with Gasteiger partial charge in [-0.1, -0.05) is 12.1 Å². The fourth-order valence-corrected chi connectivity index (χ4v) is 3.17. The fourth-order valence-electron chi connectivity index (χ4n) is 3.17. The van der Waals surface area contributed by atoms with Gasteiger partial charge in [0, 0.05) is 44.6 Å². The quantitative estimate of drug-likeness (QED) is 0.702. The first kappa shape index (κ1) is 18.0. The van der Waals surface area contributed by atoms with Gasteiger partial charge in [-0.25, -0.2) is 19.9 Å². The maximum atomic E-state index is 5.68. The minimum Gasteiger partial charge on any atom is -0.492 e. The van der Waals surface area contributed by atoms with E-state index in [0.717, 1.165) is 55.2 Å². The van der Waals surface area contributed by atoms with Crippen LogP contribution in [0.25, 0.3) is 0 Å². The third-order valence-electron chi connectivity index (χ3n) is 4.54. The summed E-state index contributed by atoms with van der Waals surface area (Å²) in [6.07, 6.45) is 5.14. The van der Waals surface area contributed by atoms with Crippen molar-refractivity contribution < 1.29 is 4.74 Å². The monoisotopic (exact) mass is 377 g/mol. The van der Waals surface area contributed by atoms with Crippen molar-refractivity contribution in [3.05, 3.63) is 55.1 Å². The number of anilines is 4. The van der Waals surface area contributed by atoms with Crippen molar-refractivity contribution in [2.24, 2.45) is 0 Å². The van der Waals surface area contributed by atoms with Gasteiger partial charge in [0.05, 0.1) is 12.3 Å². The van der Waals surface area contributed by atoms with Crippen molar-refractivity contribution in [3.8, 4) is 5.75 Å². The maximum Gasteiger partial charge on any atom is 0.225 e. The molecule has 144 valence electrons. The van der Waals surface area contributed by atoms with Crippen LogP contribution < -0.4 is 19.9 Å². The van der Waals surface area contributed by atoms with Crippen LogP contribution in [0.2, 0.25) is 0 Å². The minimum absolute atomic E-state index is 0.614. The van der Waals surface area contributed by atoms with Crippen LogP contribution >= 0.6 is 0 Å². The highest BCUT2D eigenvalue weighted by molar-refractivity contribution is 5.65. The zero-order valence-corrected chi connectivity index (χ0v) is 15.8. The number of hydrogen-bond acceptors (Lipinski definition) is 8. The molecule has 4 rings (SSSR count). The van der Waals surface area contributed by atoms with Crippen molar-refractivity contribution >= 4 is 23.3 Å². The Morgan fingerprint density at radius 3 is 2.46 bits per heavy atom. The Kier molecular flexibility index (Phi) is 5.46. The Morgan fingerprint density at radius 1 is 0.929 bits per heavy atom. The van der Waals surface area contributed by atoms with E-state index in [1.54, 1.807) is 18.7 Å². The van der Waals surface area contributed by atoms with Gasteiger partial charge in [0.15, 0.2) is 0 Å². The molecule has 28 heavy (non-hydrogen) atoms. The van der Waals surface area contributed by atoms with Crippen molar-refractivity contribution in [2.45, 2.75) is 6.92 Å². The van der Waals surface area contributed by atoms with E-state index in [-0.39, 0.29) is 0 Å². The molecular formula is C20H23N7O. The molecule has 3 heterocycles. The third-order valence-corrected chi connectivity index (χ3v) is 4.54. The average molecular weight is 377 g/mol. The van der Waals surface area contributed by atoms with Gasteiger partial charge in [-0.05, 0) is 25.1 Å². The summed E-state index contributed by atoms with van der Waals surface area (Å²) < 4.78 is 5.68. The summed E-state index contributed by atoms with van der Waals surface area (Å²) in [5.41, 5.74) is 0.889. The Labute approximate surface area is 164 Å². The summed E-state index contributed by atoms with van der Waals surface area (Å²) in [4.78, 5) is 21.9. The number of para-hydroxylation sites is 2. The molecule has 2 aromatic heterocycles. The SMILES string of the molecule is CCOc1ccccc1Nc1cc(N2CCN(c3ncccn3)CC2)ncn1. The Hall–Kier alpha value is -3.42. The number of aromatic nitrogens is 4. The summed E-state index contributed by atoms with van der Waals surface area (Å²) in [5.74, 6) is 3.23. The number of benzene rings is 1. The largest absolute Gasteiger partial charge is 0.492 e. The van der Waals surface area contributed by atoms with Gasteiger partial charge >= 0.3 is 0 Å². The standard InChI is InChI=1S/C20H23N7O/c1-2-28-17-7-4-3-6-16(17)25-18-14-19(24-15-23-18)26-10-12-27(13-11-26)20-21-8-5-9-22-20/h3-9,14-15H,2,10-13H2,1H3,(H,23,24,25). The highest BCUT2D eigenvalue weighted by Gasteiger charge is 2.20. The van der Waals surface area contributed by atoms with E-state index < -0.39 is 0 Å². The first-order valence-corrected chi connectivity index (χ1v) is 9.41. The summed E-state index contributed by atoms with van der Waals surface area (Å²) in [6.45, 7) is 5.99. The van der Waals surface area contributed by atoms with Crippen LogP contribution in [0.3, 0.4) is 0 Å². The summed E-state index contributed by atoms with van der Waals surface area (Å²) in [5, 5.41) is 3.34. The van der Waals surface area contributed by atoms with Gasteiger partial charge in [-0.15, -0.1) is 0 Å². The molecule has 1 N–H and O–H groups in total. The van der Waals surface area contributed by atoms with E-state index in [4.69, 9.17) is 4.74 Å². The molecule has 0 radical (unpaired) electrons. The van der Waals surface area contributed by atoms with Gasteiger partial charge in [-0.3, -0.25) is 0 Å². The highest BCUT2D eigenvalue weighted by Crippen LogP contribution is 2.27. The van der Waals surface area contributed by atoms with Crippen LogP contribution in [-0.2, 0) is 0 Å². The van der Waals surface area contributed by atoms with Crippen LogP contribution in [0, 0.1) is 0 Å². The fraction of sp³-hybridized carbons (Fsp3) is 0.300. The van der Waals surface area contributed by atoms with Gasteiger partial charge in [0.25, 0.3) is 0 Å². The molecule has 0 atom stereocenters. The summed E-state index contributed by atoms with van der Waals surface area (Å²) in [7, 11) is 0. The second kappa shape index (κ2) is 8.51. The maximum absolute atomic E-state index is 5.68. The molecule has 0 bridgehead atoms. The second-order valence-electron chi connectivity index (χ2n) is 6.34. The molecule has 1 saturated heterocycles. The smallest absolute Gasteiger partial charge is 0.225 e. The molecule has 8 heteroatoms. The topological polar surface area (TPSA) is 79.3 Å². The van der Waals surface area contributed by atoms with Crippen molar-refractivity contribution in [2.75, 3.05) is 47.9 Å². The van der Waals surface area contributed by atoms with Crippen LogP contribution in [0.1, 0.15) is 6.92 Å². The molecule has 1 aromatic carbocycles. The Bertz CT molecular complexity index is 898. The number of nitrogens with one attached hydrogen (secondary N) is 1. The predicted octanol–water partition coefficient (Wildman–Crippen LogP) is 2.74. The Morgan fingerprint density at radius 2 is 1.68 bits per heavy atom. The lowest BCUT2D eigenvalue weighted by Gasteiger charge is -2.35. The molecule has 1 aliphatic heterocycles. The number of ether oxygens (including phenoxy) is 1. The number of piperazine rings is 1. The van der Waals surface area contributed by atoms with Gasteiger partial charge in [0.1, 0.15) is 23.7 Å². The molecule has 0 amide bonds. The van der Waals surface area contributed by atoms with Crippen LogP contribution in [0.15, 0.2) is 55.1 Å². The van der Waals surface area contributed by atoms with E-state index in [9.17, 15) is 0 Å². The molecule has 0 unspecified atom stereocenters. The van der Waals surface area contributed by atoms with Crippen molar-refractivity contribution in [1.82, 2.24) is 19.9 Å². The first-order chi connectivity index (χ1) is 13.8. The van der Waals surface area contributed by atoms with Crippen molar-refractivity contribution in [1.29, 1.82) is 0 Å². The molecule has 1 fully saturated rings. The van der Waals surface area contributed by atoms with E-state index >= 15 is 0 Å². The van der Waals surface area contributed by atoms with Crippen LogP contribution in [-0.4, -0.2) is 52.7 Å². The highest BCUT2D eigenvalue weighted by atomic mass is 16.5. The van der Waals surface area contributed by atoms with Crippen LogP contribution in [0.4, 0.5) is 23.3 Å². The molecular weight excluding hydrogens is 354 g/mol. The zero-order chi connectivity index (χ0) is 19.2. The normalized spacial score (nSPS) is 14.0. The summed E-state index contributed by atoms with van der Waals surface area (Å²) in [6, 6.07) is 11.6. The zero-order valence-electron chi connectivity index (χ0n) is 15.8. The lowest BCUT2D eigenvalue weighted by molar-refractivity contribution is 0.342. The molecule has 0 spiro atoms. The number of rotatable bonds is 6. The van der Waals surface area contributed by atoms with E-state index in [0.29, 0.717) is 6.61 Å². The lowest BCUT2D eigenvalue weighted by atomic mass is 10.3. The molecule has 8 nitrogen and oxygen atoms in total. The summed E-state index contributed by atoms with van der Waals surface area (Å²) >= 11 is 0. The minimum atomic E-state index is 0.614. The second-order valence-corrected chi connectivity index (χ2v) is 6.34. The lowest BCUT2D eigenvalue weighted by Crippen LogP contribution is -2.47. The molecule has 0 saturated carbocycles. The van der Waals surface area contributed by atoms with Crippen molar-refractivity contribution in [3.63, 3.8) is 0 Å². The molecule has 1 aliphatic rings. The Balaban J connectivity index is 1.43. The number of hydrogen-bond donors (Lipinski definition) is 1. The molecule has 3 aromatic rings. The average Bonchev–Trinajstić information content (AvgIpc) is 2.76. The van der Waals surface area contributed by atoms with Gasteiger partial charge in [0.2, 0.25) is 5.95 Å². The van der Waals surface area contributed by atoms with Crippen LogP contribution in [0.5, 0.6) is 5.75 Å². The predicted molar refractivity (Wildman–Crippen MR) is 109 cm³/mol. The molecule has 0 aliphatic carbocycles. The first-order valence-electron chi connectivity index (χ1n) is 9.41.